The predicted molar refractivity (Wildman–Crippen MR) is 64.3 cm³/mol. The largest absolute Gasteiger partial charge is 0.413 e. The van der Waals surface area contributed by atoms with Gasteiger partial charge < -0.3 is 9.68 Å². The topological polar surface area (TPSA) is 71.2 Å². The van der Waals surface area contributed by atoms with E-state index in [4.69, 9.17) is 21.9 Å². The Labute approximate surface area is 107 Å². The second-order valence-corrected chi connectivity index (χ2v) is 3.62. The van der Waals surface area contributed by atoms with Gasteiger partial charge in [-0.3, -0.25) is 0 Å². The first-order chi connectivity index (χ1) is 8.70. The molecule has 0 saturated carbocycles. The van der Waals surface area contributed by atoms with Crippen LogP contribution < -0.4 is 15.4 Å². The highest BCUT2D eigenvalue weighted by Crippen LogP contribution is 1.95. The van der Waals surface area contributed by atoms with Crippen LogP contribution in [0.3, 0.4) is 0 Å². The molecule has 0 aromatic carbocycles. The van der Waals surface area contributed by atoms with Crippen molar-refractivity contribution in [2.24, 2.45) is 0 Å². The van der Waals surface area contributed by atoms with Crippen molar-refractivity contribution in [2.45, 2.75) is 6.61 Å². The minimum atomic E-state index is -0.487. The number of hydrogen-bond acceptors (Lipinski definition) is 6. The second kappa shape index (κ2) is 5.41. The van der Waals surface area contributed by atoms with E-state index in [1.807, 2.05) is 0 Å². The molecule has 0 aliphatic carbocycles. The van der Waals surface area contributed by atoms with E-state index in [1.54, 1.807) is 18.5 Å². The molecule has 0 aliphatic rings. The van der Waals surface area contributed by atoms with Gasteiger partial charge in [-0.1, -0.05) is 0 Å². The maximum atomic E-state index is 11.2. The molecular formula is C10H10N4O3S. The molecule has 2 aromatic rings. The summed E-state index contributed by atoms with van der Waals surface area (Å²) in [5, 5.41) is 0. The normalized spacial score (nSPS) is 10.1. The van der Waals surface area contributed by atoms with Gasteiger partial charge in [0.25, 0.3) is 0 Å². The Morgan fingerprint density at radius 2 is 2.22 bits per heavy atom. The molecule has 2 rings (SSSR count). The van der Waals surface area contributed by atoms with Crippen LogP contribution in [0.15, 0.2) is 35.6 Å². The zero-order valence-corrected chi connectivity index (χ0v) is 10.3. The van der Waals surface area contributed by atoms with Crippen LogP contribution in [0.25, 0.3) is 0 Å². The van der Waals surface area contributed by atoms with E-state index in [0.29, 0.717) is 10.3 Å². The van der Waals surface area contributed by atoms with Gasteiger partial charge in [0, 0.05) is 24.2 Å². The minimum Gasteiger partial charge on any atom is -0.413 e. The Hall–Kier alpha value is -2.22. The summed E-state index contributed by atoms with van der Waals surface area (Å²) in [6.07, 6.45) is 6.14. The fourth-order valence-corrected chi connectivity index (χ4v) is 1.40. The Bertz CT molecular complexity index is 652. The first kappa shape index (κ1) is 12.2. The first-order valence-corrected chi connectivity index (χ1v) is 5.40. The van der Waals surface area contributed by atoms with E-state index in [9.17, 15) is 4.79 Å². The van der Waals surface area contributed by atoms with Crippen molar-refractivity contribution in [1.82, 2.24) is 19.4 Å². The quantitative estimate of drug-likeness (QED) is 0.717. The lowest BCUT2D eigenvalue weighted by Gasteiger charge is -2.09. The molecule has 8 heteroatoms. The lowest BCUT2D eigenvalue weighted by molar-refractivity contribution is 0.0869. The average Bonchev–Trinajstić information content (AvgIpc) is 2.39. The third kappa shape index (κ3) is 2.72. The molecule has 94 valence electrons. The summed E-state index contributed by atoms with van der Waals surface area (Å²) in [5.74, 6) is 0. The number of rotatable bonds is 4. The number of hydrogen-bond donors (Lipinski definition) is 0. The molecule has 0 N–H and O–H groups in total. The molecule has 0 unspecified atom stereocenters. The Morgan fingerprint density at radius 3 is 2.94 bits per heavy atom. The van der Waals surface area contributed by atoms with E-state index in [-0.39, 0.29) is 6.61 Å². The lowest BCUT2D eigenvalue weighted by atomic mass is 10.4. The average molecular weight is 266 g/mol. The fourth-order valence-electron chi connectivity index (χ4n) is 1.23. The van der Waals surface area contributed by atoms with Gasteiger partial charge in [0.1, 0.15) is 13.7 Å². The highest BCUT2D eigenvalue weighted by atomic mass is 32.1. The van der Waals surface area contributed by atoms with Crippen molar-refractivity contribution in [2.75, 3.05) is 7.11 Å². The van der Waals surface area contributed by atoms with Gasteiger partial charge in [-0.25, -0.2) is 9.78 Å². The molecular weight excluding hydrogens is 256 g/mol. The molecule has 2 aromatic heterocycles. The summed E-state index contributed by atoms with van der Waals surface area (Å²) in [6.45, 7) is 0.191. The summed E-state index contributed by atoms with van der Waals surface area (Å²) in [6, 6.07) is 1.70. The van der Waals surface area contributed by atoms with Crippen LogP contribution in [0, 0.1) is 4.77 Å². The molecule has 18 heavy (non-hydrogen) atoms. The second-order valence-electron chi connectivity index (χ2n) is 3.25. The SMILES string of the molecule is COn1cc(COn2cccnc2=S)cnc1=O. The van der Waals surface area contributed by atoms with E-state index in [2.05, 4.69) is 9.97 Å². The van der Waals surface area contributed by atoms with Crippen molar-refractivity contribution in [3.05, 3.63) is 51.7 Å². The minimum absolute atomic E-state index is 0.191. The molecule has 0 fully saturated rings. The lowest BCUT2D eigenvalue weighted by Crippen LogP contribution is -2.27. The monoisotopic (exact) mass is 266 g/mol. The van der Waals surface area contributed by atoms with Gasteiger partial charge in [-0.2, -0.15) is 9.71 Å². The zero-order valence-electron chi connectivity index (χ0n) is 9.52. The van der Waals surface area contributed by atoms with Gasteiger partial charge in [-0.15, -0.1) is 4.73 Å². The van der Waals surface area contributed by atoms with Gasteiger partial charge in [0.05, 0.1) is 6.20 Å². The van der Waals surface area contributed by atoms with Crippen LogP contribution in [-0.4, -0.2) is 26.5 Å². The number of aromatic nitrogens is 4. The Balaban J connectivity index is 2.14. The van der Waals surface area contributed by atoms with Gasteiger partial charge in [0.2, 0.25) is 4.77 Å². The molecule has 0 amide bonds. The van der Waals surface area contributed by atoms with Crippen molar-refractivity contribution in [1.29, 1.82) is 0 Å². The molecule has 2 heterocycles. The van der Waals surface area contributed by atoms with Gasteiger partial charge in [0.15, 0.2) is 0 Å². The summed E-state index contributed by atoms with van der Waals surface area (Å²) < 4.78 is 2.68. The molecule has 0 aliphatic heterocycles. The third-order valence-electron chi connectivity index (χ3n) is 2.06. The highest BCUT2D eigenvalue weighted by Gasteiger charge is 2.01. The molecule has 0 spiro atoms. The summed E-state index contributed by atoms with van der Waals surface area (Å²) in [7, 11) is 1.38. The smallest absolute Gasteiger partial charge is 0.380 e. The summed E-state index contributed by atoms with van der Waals surface area (Å²) >= 11 is 4.97. The van der Waals surface area contributed by atoms with Crippen molar-refractivity contribution >= 4 is 12.2 Å². The van der Waals surface area contributed by atoms with Crippen molar-refractivity contribution in [3.8, 4) is 0 Å². The van der Waals surface area contributed by atoms with E-state index < -0.39 is 5.69 Å². The summed E-state index contributed by atoms with van der Waals surface area (Å²) in [5.41, 5.74) is 0.182. The van der Waals surface area contributed by atoms with Crippen LogP contribution in [0.2, 0.25) is 0 Å². The molecule has 0 radical (unpaired) electrons. The van der Waals surface area contributed by atoms with E-state index in [0.717, 1.165) is 4.73 Å². The van der Waals surface area contributed by atoms with Gasteiger partial charge >= 0.3 is 5.69 Å². The van der Waals surface area contributed by atoms with Crippen molar-refractivity contribution in [3.63, 3.8) is 0 Å². The number of nitrogens with zero attached hydrogens (tertiary/aromatic N) is 4. The first-order valence-electron chi connectivity index (χ1n) is 5.00. The van der Waals surface area contributed by atoms with Crippen LogP contribution >= 0.6 is 12.2 Å². The fraction of sp³-hybridized carbons (Fsp3) is 0.200. The highest BCUT2D eigenvalue weighted by molar-refractivity contribution is 7.71. The van der Waals surface area contributed by atoms with E-state index >= 15 is 0 Å². The zero-order chi connectivity index (χ0) is 13.0. The van der Waals surface area contributed by atoms with Crippen LogP contribution in [-0.2, 0) is 6.61 Å². The Kier molecular flexibility index (Phi) is 3.68. The third-order valence-corrected chi connectivity index (χ3v) is 2.35. The molecule has 0 atom stereocenters. The van der Waals surface area contributed by atoms with Crippen molar-refractivity contribution < 1.29 is 9.68 Å². The standard InChI is InChI=1S/C10H10N4O3S/c1-16-14-6-8(5-12-9(14)15)7-17-13-4-2-3-11-10(13)18/h2-6H,7H2,1H3. The van der Waals surface area contributed by atoms with Gasteiger partial charge in [-0.05, 0) is 18.3 Å². The summed E-state index contributed by atoms with van der Waals surface area (Å²) in [4.78, 5) is 28.9. The van der Waals surface area contributed by atoms with Crippen LogP contribution in [0.1, 0.15) is 5.56 Å². The molecule has 7 nitrogen and oxygen atoms in total. The van der Waals surface area contributed by atoms with Crippen LogP contribution in [0.4, 0.5) is 0 Å². The molecule has 0 bridgehead atoms. The predicted octanol–water partition coefficient (Wildman–Crippen LogP) is -0.144. The Morgan fingerprint density at radius 1 is 1.39 bits per heavy atom. The maximum absolute atomic E-state index is 11.2. The van der Waals surface area contributed by atoms with E-state index in [1.165, 1.54) is 24.2 Å². The van der Waals surface area contributed by atoms with Crippen LogP contribution in [0.5, 0.6) is 0 Å². The maximum Gasteiger partial charge on any atom is 0.380 e. The molecule has 0 saturated heterocycles.